The maximum absolute atomic E-state index is 13.0. The van der Waals surface area contributed by atoms with Crippen LogP contribution in [0.25, 0.3) is 0 Å². The second-order valence-electron chi connectivity index (χ2n) is 7.58. The molecule has 2 unspecified atom stereocenters. The normalized spacial score (nSPS) is 23.7. The lowest BCUT2D eigenvalue weighted by molar-refractivity contribution is -0.134. The molecule has 2 fully saturated rings. The summed E-state index contributed by atoms with van der Waals surface area (Å²) in [5.74, 6) is 0.873. The highest BCUT2D eigenvalue weighted by molar-refractivity contribution is 7.07. The fourth-order valence-corrected chi connectivity index (χ4v) is 4.85. The van der Waals surface area contributed by atoms with Crippen LogP contribution in [-0.4, -0.2) is 29.9 Å². The summed E-state index contributed by atoms with van der Waals surface area (Å²) < 4.78 is 0. The second-order valence-corrected chi connectivity index (χ2v) is 8.36. The van der Waals surface area contributed by atoms with Crippen LogP contribution in [0.5, 0.6) is 0 Å². The molecule has 0 radical (unpaired) electrons. The zero-order valence-corrected chi connectivity index (χ0v) is 15.3. The number of rotatable bonds is 7. The van der Waals surface area contributed by atoms with Gasteiger partial charge in [-0.3, -0.25) is 4.79 Å². The number of carbonyl (C=O) groups is 1. The molecule has 3 nitrogen and oxygen atoms in total. The van der Waals surface area contributed by atoms with Crippen LogP contribution < -0.4 is 5.32 Å². The zero-order valence-electron chi connectivity index (χ0n) is 14.5. The molecule has 3 rings (SSSR count). The third kappa shape index (κ3) is 3.97. The predicted octanol–water partition coefficient (Wildman–Crippen LogP) is 4.05. The summed E-state index contributed by atoms with van der Waals surface area (Å²) in [4.78, 5) is 15.2. The zero-order chi connectivity index (χ0) is 16.3. The maximum Gasteiger partial charge on any atom is 0.223 e. The van der Waals surface area contributed by atoms with Crippen molar-refractivity contribution in [2.75, 3.05) is 13.1 Å². The van der Waals surface area contributed by atoms with Crippen molar-refractivity contribution in [3.8, 4) is 0 Å². The van der Waals surface area contributed by atoms with E-state index < -0.39 is 0 Å². The Morgan fingerprint density at radius 3 is 2.91 bits per heavy atom. The molecule has 2 heterocycles. The Labute approximate surface area is 144 Å². The van der Waals surface area contributed by atoms with Crippen molar-refractivity contribution in [2.45, 2.75) is 65.0 Å². The van der Waals surface area contributed by atoms with Gasteiger partial charge in [-0.15, -0.1) is 0 Å². The van der Waals surface area contributed by atoms with Gasteiger partial charge >= 0.3 is 0 Å². The van der Waals surface area contributed by atoms with Crippen molar-refractivity contribution in [2.24, 2.45) is 11.3 Å². The molecular formula is C19H30N2OS. The number of hydrogen-bond donors (Lipinski definition) is 1. The topological polar surface area (TPSA) is 32.3 Å². The largest absolute Gasteiger partial charge is 0.335 e. The van der Waals surface area contributed by atoms with E-state index in [9.17, 15) is 4.79 Å². The highest BCUT2D eigenvalue weighted by Crippen LogP contribution is 2.56. The number of hydrogen-bond acceptors (Lipinski definition) is 3. The van der Waals surface area contributed by atoms with Crippen LogP contribution in [0.1, 0.15) is 57.9 Å². The molecule has 1 saturated carbocycles. The first-order valence-electron chi connectivity index (χ1n) is 9.16. The monoisotopic (exact) mass is 334 g/mol. The van der Waals surface area contributed by atoms with Crippen molar-refractivity contribution >= 4 is 17.2 Å². The van der Waals surface area contributed by atoms with Gasteiger partial charge in [-0.25, -0.2) is 0 Å². The Balaban J connectivity index is 1.68. The molecule has 1 aromatic rings. The molecule has 128 valence electrons. The fourth-order valence-electron chi connectivity index (χ4n) is 4.19. The molecule has 4 heteroatoms. The summed E-state index contributed by atoms with van der Waals surface area (Å²) in [5.41, 5.74) is 1.72. The van der Waals surface area contributed by atoms with Gasteiger partial charge in [-0.2, -0.15) is 11.3 Å². The van der Waals surface area contributed by atoms with Crippen molar-refractivity contribution < 1.29 is 4.79 Å². The van der Waals surface area contributed by atoms with E-state index in [-0.39, 0.29) is 0 Å². The third-order valence-electron chi connectivity index (χ3n) is 5.68. The summed E-state index contributed by atoms with van der Waals surface area (Å²) in [7, 11) is 0. The van der Waals surface area contributed by atoms with Crippen LogP contribution >= 0.6 is 11.3 Å². The number of thiophene rings is 1. The minimum Gasteiger partial charge on any atom is -0.335 e. The van der Waals surface area contributed by atoms with Gasteiger partial charge in [-0.1, -0.05) is 26.7 Å². The number of nitrogens with one attached hydrogen (secondary N) is 1. The van der Waals surface area contributed by atoms with Crippen LogP contribution in [0.4, 0.5) is 0 Å². The molecule has 1 aromatic heterocycles. The van der Waals surface area contributed by atoms with Gasteiger partial charge in [0.05, 0.1) is 0 Å². The molecule has 1 aliphatic heterocycles. The van der Waals surface area contributed by atoms with Crippen LogP contribution in [-0.2, 0) is 11.3 Å². The summed E-state index contributed by atoms with van der Waals surface area (Å²) in [5, 5.41) is 7.77. The van der Waals surface area contributed by atoms with E-state index in [1.54, 1.807) is 11.3 Å². The lowest BCUT2D eigenvalue weighted by atomic mass is 9.93. The smallest absolute Gasteiger partial charge is 0.223 e. The van der Waals surface area contributed by atoms with E-state index in [0.29, 0.717) is 29.7 Å². The van der Waals surface area contributed by atoms with Gasteiger partial charge in [-0.05, 0) is 66.1 Å². The lowest BCUT2D eigenvalue weighted by Crippen LogP contribution is -2.39. The van der Waals surface area contributed by atoms with Crippen molar-refractivity contribution in [1.82, 2.24) is 10.2 Å². The Hall–Kier alpha value is -0.870. The van der Waals surface area contributed by atoms with Gasteiger partial charge < -0.3 is 10.2 Å². The molecule has 1 N–H and O–H groups in total. The van der Waals surface area contributed by atoms with E-state index in [4.69, 9.17) is 0 Å². The van der Waals surface area contributed by atoms with E-state index in [1.807, 2.05) is 0 Å². The van der Waals surface area contributed by atoms with E-state index in [1.165, 1.54) is 24.8 Å². The van der Waals surface area contributed by atoms with Crippen LogP contribution in [0.2, 0.25) is 0 Å². The highest BCUT2D eigenvalue weighted by Gasteiger charge is 2.57. The summed E-state index contributed by atoms with van der Waals surface area (Å²) >= 11 is 1.73. The van der Waals surface area contributed by atoms with Gasteiger partial charge in [0.15, 0.2) is 0 Å². The summed E-state index contributed by atoms with van der Waals surface area (Å²) in [6, 6.07) is 2.64. The van der Waals surface area contributed by atoms with E-state index in [2.05, 4.69) is 40.9 Å². The van der Waals surface area contributed by atoms with Crippen LogP contribution in [0.3, 0.4) is 0 Å². The van der Waals surface area contributed by atoms with Crippen molar-refractivity contribution in [3.63, 3.8) is 0 Å². The van der Waals surface area contributed by atoms with Gasteiger partial charge in [0.1, 0.15) is 0 Å². The Morgan fingerprint density at radius 2 is 2.26 bits per heavy atom. The minimum absolute atomic E-state index is 0.373. The first kappa shape index (κ1) is 17.0. The van der Waals surface area contributed by atoms with E-state index in [0.717, 1.165) is 32.5 Å². The average molecular weight is 335 g/mol. The Kier molecular flexibility index (Phi) is 5.42. The van der Waals surface area contributed by atoms with Gasteiger partial charge in [0, 0.05) is 19.0 Å². The molecule has 1 aliphatic carbocycles. The molecule has 2 atom stereocenters. The number of carbonyl (C=O) groups excluding carboxylic acids is 1. The quantitative estimate of drug-likeness (QED) is 0.816. The third-order valence-corrected chi connectivity index (χ3v) is 6.41. The molecular weight excluding hydrogens is 304 g/mol. The second kappa shape index (κ2) is 7.35. The molecule has 1 saturated heterocycles. The minimum atomic E-state index is 0.373. The number of nitrogens with zero attached hydrogens (tertiary/aromatic N) is 1. The van der Waals surface area contributed by atoms with Crippen molar-refractivity contribution in [3.05, 3.63) is 22.4 Å². The predicted molar refractivity (Wildman–Crippen MR) is 96.5 cm³/mol. The number of piperidine rings is 1. The molecule has 1 amide bonds. The first-order valence-corrected chi connectivity index (χ1v) is 10.1. The summed E-state index contributed by atoms with van der Waals surface area (Å²) in [6.07, 6.45) is 6.70. The SMILES string of the molecule is CCCC(C)CC(=O)N(Cc1ccsc1)C1CC12CCNCC2. The lowest BCUT2D eigenvalue weighted by Gasteiger charge is -2.30. The van der Waals surface area contributed by atoms with Gasteiger partial charge in [0.2, 0.25) is 5.91 Å². The molecule has 0 aromatic carbocycles. The molecule has 0 bridgehead atoms. The van der Waals surface area contributed by atoms with Crippen molar-refractivity contribution in [1.29, 1.82) is 0 Å². The van der Waals surface area contributed by atoms with Crippen LogP contribution in [0.15, 0.2) is 16.8 Å². The van der Waals surface area contributed by atoms with Crippen LogP contribution in [0, 0.1) is 11.3 Å². The first-order chi connectivity index (χ1) is 11.1. The molecule has 2 aliphatic rings. The molecule has 23 heavy (non-hydrogen) atoms. The fraction of sp³-hybridized carbons (Fsp3) is 0.737. The van der Waals surface area contributed by atoms with E-state index >= 15 is 0 Å². The van der Waals surface area contributed by atoms with Gasteiger partial charge in [0.25, 0.3) is 0 Å². The Morgan fingerprint density at radius 1 is 1.48 bits per heavy atom. The average Bonchev–Trinajstić information content (AvgIpc) is 2.98. The Bertz CT molecular complexity index is 507. The molecule has 1 spiro atoms. The number of amides is 1. The maximum atomic E-state index is 13.0. The highest BCUT2D eigenvalue weighted by atomic mass is 32.1. The standard InChI is InChI=1S/C19H30N2OS/c1-3-4-15(2)11-18(22)21(13-16-5-10-23-14-16)17-12-19(17)6-8-20-9-7-19/h5,10,14-15,17,20H,3-4,6-9,11-13H2,1-2H3. The summed E-state index contributed by atoms with van der Waals surface area (Å²) in [6.45, 7) is 7.46.